The lowest BCUT2D eigenvalue weighted by Crippen LogP contribution is -2.44. The summed E-state index contributed by atoms with van der Waals surface area (Å²) in [7, 11) is 0. The molecule has 0 amide bonds. The Bertz CT molecular complexity index is 246. The molecule has 1 saturated heterocycles. The van der Waals surface area contributed by atoms with Crippen molar-refractivity contribution in [1.82, 2.24) is 10.0 Å². The van der Waals surface area contributed by atoms with Crippen LogP contribution in [0.5, 0.6) is 0 Å². The lowest BCUT2D eigenvalue weighted by atomic mass is 9.85. The Morgan fingerprint density at radius 3 is 2.69 bits per heavy atom. The van der Waals surface area contributed by atoms with Crippen LogP contribution in [-0.2, 0) is 11.4 Å². The first-order valence-corrected chi connectivity index (χ1v) is 7.45. The van der Waals surface area contributed by atoms with Gasteiger partial charge in [-0.2, -0.15) is 0 Å². The van der Waals surface area contributed by atoms with Gasteiger partial charge in [0.15, 0.2) is 0 Å². The van der Waals surface area contributed by atoms with Gasteiger partial charge in [-0.1, -0.05) is 0 Å². The molecule has 2 fully saturated rings. The van der Waals surface area contributed by atoms with Crippen LogP contribution in [-0.4, -0.2) is 28.4 Å². The fourth-order valence-electron chi connectivity index (χ4n) is 2.82. The molecular weight excluding hydrogens is 220 g/mol. The minimum Gasteiger partial charge on any atom is -0.598 e. The third-order valence-corrected chi connectivity index (χ3v) is 5.52. The Kier molecular flexibility index (Phi) is 3.55. The Labute approximate surface area is 102 Å². The lowest BCUT2D eigenvalue weighted by molar-refractivity contribution is 0.328. The molecule has 16 heavy (non-hydrogen) atoms. The Hall–Kier alpha value is 0.230. The third kappa shape index (κ3) is 2.73. The summed E-state index contributed by atoms with van der Waals surface area (Å²) < 4.78 is 15.2. The second-order valence-corrected chi connectivity index (χ2v) is 8.36. The Balaban J connectivity index is 1.85. The molecule has 0 aromatic carbocycles. The molecule has 1 spiro atoms. The first kappa shape index (κ1) is 12.7. The molecule has 0 bridgehead atoms. The summed E-state index contributed by atoms with van der Waals surface area (Å²) in [5, 5.41) is 3.46. The van der Waals surface area contributed by atoms with Gasteiger partial charge in [-0.05, 0) is 58.4 Å². The summed E-state index contributed by atoms with van der Waals surface area (Å²) in [6.45, 7) is 8.40. The molecule has 2 aliphatic rings. The van der Waals surface area contributed by atoms with E-state index in [9.17, 15) is 4.55 Å². The molecule has 1 heterocycles. The average molecular weight is 244 g/mol. The molecule has 2 rings (SSSR count). The van der Waals surface area contributed by atoms with Crippen molar-refractivity contribution in [3.05, 3.63) is 0 Å². The van der Waals surface area contributed by atoms with Crippen molar-refractivity contribution in [1.29, 1.82) is 0 Å². The van der Waals surface area contributed by atoms with Crippen molar-refractivity contribution in [2.24, 2.45) is 5.41 Å². The lowest BCUT2D eigenvalue weighted by Gasteiger charge is -2.27. The van der Waals surface area contributed by atoms with Gasteiger partial charge in [0.05, 0.1) is 6.04 Å². The SMILES string of the molecule is CC(C)(C)[S@@+]([O-])N[C@@H]1CC[C@@]2(CCNC2)C1. The van der Waals surface area contributed by atoms with E-state index in [4.69, 9.17) is 0 Å². The smallest absolute Gasteiger partial charge is 0.136 e. The van der Waals surface area contributed by atoms with Crippen LogP contribution in [0.4, 0.5) is 0 Å². The van der Waals surface area contributed by atoms with E-state index in [1.54, 1.807) is 0 Å². The molecular formula is C12H24N2OS. The van der Waals surface area contributed by atoms with E-state index < -0.39 is 11.4 Å². The molecule has 0 aromatic heterocycles. The van der Waals surface area contributed by atoms with Crippen molar-refractivity contribution in [2.75, 3.05) is 13.1 Å². The Morgan fingerprint density at radius 1 is 1.38 bits per heavy atom. The first-order chi connectivity index (χ1) is 7.41. The standard InChI is InChI=1S/C12H24N2OS/c1-11(2,3)16(15)14-10-4-5-12(8-10)6-7-13-9-12/h10,13-14H,4-9H2,1-3H3/t10-,12-,16-/m1/s1. The minimum atomic E-state index is -0.914. The summed E-state index contributed by atoms with van der Waals surface area (Å²) in [4.78, 5) is 0. The Morgan fingerprint density at radius 2 is 2.12 bits per heavy atom. The highest BCUT2D eigenvalue weighted by molar-refractivity contribution is 7.90. The van der Waals surface area contributed by atoms with Gasteiger partial charge in [0.2, 0.25) is 0 Å². The predicted octanol–water partition coefficient (Wildman–Crippen LogP) is 1.57. The highest BCUT2D eigenvalue weighted by Gasteiger charge is 2.43. The normalized spacial score (nSPS) is 37.1. The van der Waals surface area contributed by atoms with Crippen molar-refractivity contribution in [2.45, 2.75) is 57.2 Å². The zero-order valence-corrected chi connectivity index (χ0v) is 11.5. The van der Waals surface area contributed by atoms with Crippen LogP contribution in [0.1, 0.15) is 46.5 Å². The molecule has 0 aromatic rings. The summed E-state index contributed by atoms with van der Waals surface area (Å²) in [6.07, 6.45) is 4.97. The van der Waals surface area contributed by atoms with Gasteiger partial charge >= 0.3 is 0 Å². The van der Waals surface area contributed by atoms with Crippen LogP contribution in [0, 0.1) is 5.41 Å². The largest absolute Gasteiger partial charge is 0.598 e. The average Bonchev–Trinajstić information content (AvgIpc) is 2.77. The number of rotatable bonds is 2. The van der Waals surface area contributed by atoms with E-state index in [-0.39, 0.29) is 4.75 Å². The van der Waals surface area contributed by atoms with Gasteiger partial charge in [0, 0.05) is 17.9 Å². The molecule has 94 valence electrons. The van der Waals surface area contributed by atoms with Crippen LogP contribution >= 0.6 is 0 Å². The molecule has 3 atom stereocenters. The van der Waals surface area contributed by atoms with E-state index in [2.05, 4.69) is 10.0 Å². The van der Waals surface area contributed by atoms with Gasteiger partial charge in [-0.3, -0.25) is 0 Å². The summed E-state index contributed by atoms with van der Waals surface area (Å²) in [6, 6.07) is 0.458. The van der Waals surface area contributed by atoms with E-state index in [0.29, 0.717) is 11.5 Å². The van der Waals surface area contributed by atoms with Gasteiger partial charge in [-0.15, -0.1) is 4.72 Å². The highest BCUT2D eigenvalue weighted by atomic mass is 32.2. The maximum atomic E-state index is 12.0. The van der Waals surface area contributed by atoms with E-state index >= 15 is 0 Å². The minimum absolute atomic E-state index is 0.149. The third-order valence-electron chi connectivity index (χ3n) is 3.86. The van der Waals surface area contributed by atoms with E-state index in [1.165, 1.54) is 25.7 Å². The number of nitrogens with one attached hydrogen (secondary N) is 2. The maximum Gasteiger partial charge on any atom is 0.136 e. The van der Waals surface area contributed by atoms with Gasteiger partial charge in [-0.25, -0.2) is 0 Å². The topological polar surface area (TPSA) is 47.1 Å². The van der Waals surface area contributed by atoms with Gasteiger partial charge in [0.25, 0.3) is 0 Å². The van der Waals surface area contributed by atoms with Crippen LogP contribution in [0.25, 0.3) is 0 Å². The van der Waals surface area contributed by atoms with Crippen LogP contribution in [0.2, 0.25) is 0 Å². The molecule has 1 aliphatic heterocycles. The van der Waals surface area contributed by atoms with E-state index in [0.717, 1.165) is 13.1 Å². The van der Waals surface area contributed by atoms with Crippen molar-refractivity contribution in [3.63, 3.8) is 0 Å². The van der Waals surface area contributed by atoms with Gasteiger partial charge < -0.3 is 9.87 Å². The molecule has 4 heteroatoms. The first-order valence-electron chi connectivity index (χ1n) is 6.30. The summed E-state index contributed by atoms with van der Waals surface area (Å²) >= 11 is -0.914. The summed E-state index contributed by atoms with van der Waals surface area (Å²) in [5.41, 5.74) is 0.514. The van der Waals surface area contributed by atoms with Gasteiger partial charge in [0.1, 0.15) is 4.75 Å². The van der Waals surface area contributed by atoms with Crippen LogP contribution in [0.15, 0.2) is 0 Å². The number of hydrogen-bond acceptors (Lipinski definition) is 3. The quantitative estimate of drug-likeness (QED) is 0.725. The van der Waals surface area contributed by atoms with E-state index in [1.807, 2.05) is 20.8 Å². The molecule has 1 aliphatic carbocycles. The van der Waals surface area contributed by atoms with Crippen LogP contribution in [0.3, 0.4) is 0 Å². The van der Waals surface area contributed by atoms with Crippen molar-refractivity contribution >= 4 is 11.4 Å². The molecule has 3 nitrogen and oxygen atoms in total. The molecule has 0 radical (unpaired) electrons. The van der Waals surface area contributed by atoms with Crippen LogP contribution < -0.4 is 10.0 Å². The second-order valence-electron chi connectivity index (χ2n) is 6.37. The van der Waals surface area contributed by atoms with Crippen molar-refractivity contribution < 1.29 is 4.55 Å². The maximum absolute atomic E-state index is 12.0. The monoisotopic (exact) mass is 244 g/mol. The van der Waals surface area contributed by atoms with Crippen molar-refractivity contribution in [3.8, 4) is 0 Å². The fourth-order valence-corrected chi connectivity index (χ4v) is 3.68. The second kappa shape index (κ2) is 4.48. The predicted molar refractivity (Wildman–Crippen MR) is 68.6 cm³/mol. The summed E-state index contributed by atoms with van der Waals surface area (Å²) in [5.74, 6) is 0. The molecule has 2 N–H and O–H groups in total. The molecule has 1 saturated carbocycles. The zero-order chi connectivity index (χ0) is 11.8. The highest BCUT2D eigenvalue weighted by Crippen LogP contribution is 2.43. The zero-order valence-electron chi connectivity index (χ0n) is 10.6. The number of hydrogen-bond donors (Lipinski definition) is 2. The fraction of sp³-hybridized carbons (Fsp3) is 1.00. The molecule has 0 unspecified atom stereocenters.